The maximum atomic E-state index is 13.5. The van der Waals surface area contributed by atoms with Crippen molar-refractivity contribution in [3.63, 3.8) is 0 Å². The zero-order chi connectivity index (χ0) is 26.0. The normalized spacial score (nSPS) is 12.2. The topological polar surface area (TPSA) is 86.8 Å². The van der Waals surface area contributed by atoms with Crippen LogP contribution in [-0.2, 0) is 39.0 Å². The second-order valence-corrected chi connectivity index (χ2v) is 10.8. The second kappa shape index (κ2) is 13.0. The summed E-state index contributed by atoms with van der Waals surface area (Å²) >= 11 is 0. The molecule has 190 valence electrons. The average molecular weight is 508 g/mol. The van der Waals surface area contributed by atoms with E-state index in [0.717, 1.165) is 27.3 Å². The average Bonchev–Trinajstić information content (AvgIpc) is 2.87. The summed E-state index contributed by atoms with van der Waals surface area (Å²) in [5.74, 6) is -0.716. The van der Waals surface area contributed by atoms with Crippen molar-refractivity contribution < 1.29 is 18.0 Å². The molecule has 0 saturated carbocycles. The monoisotopic (exact) mass is 507 g/mol. The minimum atomic E-state index is -3.57. The zero-order valence-electron chi connectivity index (χ0n) is 20.7. The van der Waals surface area contributed by atoms with Crippen LogP contribution >= 0.6 is 0 Å². The Hall–Kier alpha value is -3.49. The lowest BCUT2D eigenvalue weighted by atomic mass is 10.0. The Morgan fingerprint density at radius 1 is 0.806 bits per heavy atom. The molecule has 1 N–H and O–H groups in total. The minimum absolute atomic E-state index is 0.181. The van der Waals surface area contributed by atoms with Crippen molar-refractivity contribution in [3.8, 4) is 0 Å². The van der Waals surface area contributed by atoms with E-state index < -0.39 is 22.0 Å². The number of nitrogens with zero attached hydrogens (tertiary/aromatic N) is 2. The number of carbonyl (C=O) groups is 2. The van der Waals surface area contributed by atoms with E-state index in [9.17, 15) is 18.0 Å². The first-order chi connectivity index (χ1) is 17.2. The van der Waals surface area contributed by atoms with Gasteiger partial charge in [-0.25, -0.2) is 8.42 Å². The fraction of sp³-hybridized carbons (Fsp3) is 0.286. The van der Waals surface area contributed by atoms with Crippen LogP contribution in [0.25, 0.3) is 0 Å². The lowest BCUT2D eigenvalue weighted by molar-refractivity contribution is -0.141. The summed E-state index contributed by atoms with van der Waals surface area (Å²) in [6, 6.07) is 27.9. The van der Waals surface area contributed by atoms with E-state index in [1.54, 1.807) is 0 Å². The minimum Gasteiger partial charge on any atom is -0.354 e. The number of hydrogen-bond acceptors (Lipinski definition) is 4. The molecular weight excluding hydrogens is 474 g/mol. The molecule has 8 heteroatoms. The highest BCUT2D eigenvalue weighted by atomic mass is 32.2. The van der Waals surface area contributed by atoms with E-state index in [0.29, 0.717) is 19.4 Å². The summed E-state index contributed by atoms with van der Waals surface area (Å²) in [7, 11) is -2.21. The maximum Gasteiger partial charge on any atom is 0.243 e. The van der Waals surface area contributed by atoms with Gasteiger partial charge in [0.05, 0.1) is 12.8 Å². The van der Waals surface area contributed by atoms with Crippen molar-refractivity contribution in [3.05, 3.63) is 108 Å². The second-order valence-electron chi connectivity index (χ2n) is 8.76. The molecule has 0 heterocycles. The number of amides is 2. The van der Waals surface area contributed by atoms with E-state index in [2.05, 4.69) is 5.32 Å². The van der Waals surface area contributed by atoms with Crippen LogP contribution in [0.4, 0.5) is 0 Å². The lowest BCUT2D eigenvalue weighted by Gasteiger charge is -2.32. The highest BCUT2D eigenvalue weighted by Crippen LogP contribution is 2.15. The molecule has 0 unspecified atom stereocenters. The summed E-state index contributed by atoms with van der Waals surface area (Å²) < 4.78 is 25.0. The van der Waals surface area contributed by atoms with Gasteiger partial charge in [-0.1, -0.05) is 91.0 Å². The third-order valence-electron chi connectivity index (χ3n) is 5.95. The predicted octanol–water partition coefficient (Wildman–Crippen LogP) is 2.88. The molecule has 0 spiro atoms. The van der Waals surface area contributed by atoms with Crippen molar-refractivity contribution >= 4 is 21.8 Å². The lowest BCUT2D eigenvalue weighted by Crippen LogP contribution is -2.53. The smallest absolute Gasteiger partial charge is 0.243 e. The summed E-state index contributed by atoms with van der Waals surface area (Å²) in [5, 5.41) is 2.99. The van der Waals surface area contributed by atoms with Crippen LogP contribution in [0.3, 0.4) is 0 Å². The molecule has 2 amide bonds. The summed E-state index contributed by atoms with van der Waals surface area (Å²) in [6.07, 6.45) is 2.02. The number of sulfonamides is 1. The SMILES string of the molecule is CN(CC(=O)N(Cc1ccccc1)[C@@H](Cc1ccccc1)C(=O)NCCc1ccccc1)S(C)(=O)=O. The van der Waals surface area contributed by atoms with Gasteiger partial charge in [-0.15, -0.1) is 0 Å². The molecule has 1 atom stereocenters. The number of likely N-dealkylation sites (N-methyl/N-ethyl adjacent to an activating group) is 1. The van der Waals surface area contributed by atoms with Crippen molar-refractivity contribution in [1.82, 2.24) is 14.5 Å². The van der Waals surface area contributed by atoms with Gasteiger partial charge in [-0.3, -0.25) is 9.59 Å². The number of carbonyl (C=O) groups excluding carboxylic acids is 2. The number of rotatable bonds is 12. The first-order valence-electron chi connectivity index (χ1n) is 11.8. The molecule has 0 radical (unpaired) electrons. The van der Waals surface area contributed by atoms with Gasteiger partial charge >= 0.3 is 0 Å². The quantitative estimate of drug-likeness (QED) is 0.409. The Bertz CT molecular complexity index is 1220. The van der Waals surface area contributed by atoms with Gasteiger partial charge in [-0.05, 0) is 23.1 Å². The van der Waals surface area contributed by atoms with Crippen LogP contribution in [0.5, 0.6) is 0 Å². The molecule has 3 rings (SSSR count). The first-order valence-corrected chi connectivity index (χ1v) is 13.7. The maximum absolute atomic E-state index is 13.5. The Balaban J connectivity index is 1.87. The van der Waals surface area contributed by atoms with Gasteiger partial charge < -0.3 is 10.2 Å². The molecule has 3 aromatic carbocycles. The van der Waals surface area contributed by atoms with Crippen LogP contribution in [-0.4, -0.2) is 61.9 Å². The first kappa shape index (κ1) is 27.1. The number of hydrogen-bond donors (Lipinski definition) is 1. The van der Waals surface area contributed by atoms with Gasteiger partial charge in [0.15, 0.2) is 0 Å². The molecule has 3 aromatic rings. The zero-order valence-corrected chi connectivity index (χ0v) is 21.5. The fourth-order valence-corrected chi connectivity index (χ4v) is 4.17. The molecule has 0 aliphatic carbocycles. The summed E-state index contributed by atoms with van der Waals surface area (Å²) in [5.41, 5.74) is 2.86. The summed E-state index contributed by atoms with van der Waals surface area (Å²) in [4.78, 5) is 28.5. The van der Waals surface area contributed by atoms with E-state index >= 15 is 0 Å². The van der Waals surface area contributed by atoms with E-state index in [-0.39, 0.29) is 19.0 Å². The molecule has 0 bridgehead atoms. The highest BCUT2D eigenvalue weighted by Gasteiger charge is 2.31. The number of benzene rings is 3. The van der Waals surface area contributed by atoms with Crippen molar-refractivity contribution in [2.75, 3.05) is 26.4 Å². The molecule has 0 aliphatic heterocycles. The molecule has 0 aromatic heterocycles. The van der Waals surface area contributed by atoms with Crippen LogP contribution < -0.4 is 5.32 Å². The number of nitrogens with one attached hydrogen (secondary N) is 1. The van der Waals surface area contributed by atoms with Crippen LogP contribution in [0.15, 0.2) is 91.0 Å². The van der Waals surface area contributed by atoms with Crippen LogP contribution in [0.2, 0.25) is 0 Å². The van der Waals surface area contributed by atoms with E-state index in [4.69, 9.17) is 0 Å². The summed E-state index contributed by atoms with van der Waals surface area (Å²) in [6.45, 7) is 0.250. The van der Waals surface area contributed by atoms with Crippen molar-refractivity contribution in [1.29, 1.82) is 0 Å². The van der Waals surface area contributed by atoms with Gasteiger partial charge in [-0.2, -0.15) is 4.31 Å². The Labute approximate surface area is 213 Å². The van der Waals surface area contributed by atoms with Gasteiger partial charge in [0.2, 0.25) is 21.8 Å². The molecule has 0 aliphatic rings. The largest absolute Gasteiger partial charge is 0.354 e. The predicted molar refractivity (Wildman–Crippen MR) is 142 cm³/mol. The fourth-order valence-electron chi connectivity index (χ4n) is 3.83. The van der Waals surface area contributed by atoms with Crippen LogP contribution in [0, 0.1) is 0 Å². The molecule has 0 fully saturated rings. The van der Waals surface area contributed by atoms with Crippen molar-refractivity contribution in [2.45, 2.75) is 25.4 Å². The van der Waals surface area contributed by atoms with Gasteiger partial charge in [0, 0.05) is 26.6 Å². The highest BCUT2D eigenvalue weighted by molar-refractivity contribution is 7.88. The molecule has 7 nitrogen and oxygen atoms in total. The third kappa shape index (κ3) is 8.32. The Kier molecular flexibility index (Phi) is 9.78. The van der Waals surface area contributed by atoms with Gasteiger partial charge in [0.1, 0.15) is 6.04 Å². The van der Waals surface area contributed by atoms with E-state index in [1.807, 2.05) is 91.0 Å². The standard InChI is InChI=1S/C28H33N3O4S/c1-30(36(2,34)35)22-27(32)31(21-25-16-10-5-11-17-25)26(20-24-14-8-4-9-15-24)28(33)29-19-18-23-12-6-3-7-13-23/h3-17,26H,18-22H2,1-2H3,(H,29,33)/t26-/m0/s1. The Morgan fingerprint density at radius 2 is 1.31 bits per heavy atom. The molecular formula is C28H33N3O4S. The van der Waals surface area contributed by atoms with Crippen LogP contribution in [0.1, 0.15) is 16.7 Å². The molecule has 0 saturated heterocycles. The van der Waals surface area contributed by atoms with Gasteiger partial charge in [0.25, 0.3) is 0 Å². The Morgan fingerprint density at radius 3 is 1.83 bits per heavy atom. The van der Waals surface area contributed by atoms with Crippen molar-refractivity contribution in [2.24, 2.45) is 0 Å². The third-order valence-corrected chi connectivity index (χ3v) is 7.21. The molecule has 36 heavy (non-hydrogen) atoms. The van der Waals surface area contributed by atoms with E-state index in [1.165, 1.54) is 11.9 Å².